The first kappa shape index (κ1) is 18.0. The second-order valence-electron chi connectivity index (χ2n) is 6.09. The molecule has 0 saturated carbocycles. The molecule has 126 valence electrons. The Labute approximate surface area is 144 Å². The van der Waals surface area contributed by atoms with E-state index >= 15 is 0 Å². The molecule has 2 rings (SSSR count). The number of nitrogens with zero attached hydrogens (tertiary/aromatic N) is 3. The van der Waals surface area contributed by atoms with E-state index in [2.05, 4.69) is 4.98 Å². The van der Waals surface area contributed by atoms with E-state index in [1.165, 1.54) is 27.7 Å². The fraction of sp³-hybridized carbons (Fsp3) is 0.562. The highest BCUT2D eigenvalue weighted by Gasteiger charge is 2.27. The van der Waals surface area contributed by atoms with Crippen molar-refractivity contribution in [2.24, 2.45) is 7.05 Å². The summed E-state index contributed by atoms with van der Waals surface area (Å²) in [7, 11) is 1.70. The van der Waals surface area contributed by atoms with E-state index in [1.54, 1.807) is 13.1 Å². The maximum absolute atomic E-state index is 12.7. The van der Waals surface area contributed by atoms with Crippen LogP contribution in [0.1, 0.15) is 34.6 Å². The monoisotopic (exact) mass is 353 g/mol. The number of rotatable bonds is 5. The number of hydrogen-bond acceptors (Lipinski definition) is 5. The Morgan fingerprint density at radius 1 is 1.26 bits per heavy atom. The maximum Gasteiger partial charge on any atom is 0.262 e. The molecule has 0 bridgehead atoms. The molecule has 1 unspecified atom stereocenters. The highest BCUT2D eigenvalue weighted by molar-refractivity contribution is 8.00. The molecule has 0 radical (unpaired) electrons. The van der Waals surface area contributed by atoms with Gasteiger partial charge in [-0.25, -0.2) is 4.98 Å². The Balaban J connectivity index is 2.29. The zero-order valence-electron chi connectivity index (χ0n) is 14.4. The van der Waals surface area contributed by atoms with Gasteiger partial charge in [0.1, 0.15) is 4.83 Å². The van der Waals surface area contributed by atoms with Crippen molar-refractivity contribution in [2.75, 3.05) is 0 Å². The van der Waals surface area contributed by atoms with E-state index in [0.29, 0.717) is 10.5 Å². The fourth-order valence-electron chi connectivity index (χ4n) is 2.61. The lowest BCUT2D eigenvalue weighted by Crippen LogP contribution is -2.45. The zero-order valence-corrected chi connectivity index (χ0v) is 16.0. The third-order valence-electron chi connectivity index (χ3n) is 3.66. The summed E-state index contributed by atoms with van der Waals surface area (Å²) in [5, 5.41) is 2.78. The molecule has 2 aromatic rings. The summed E-state index contributed by atoms with van der Waals surface area (Å²) in [4.78, 5) is 32.2. The number of fused-ring (bicyclic) bond motifs is 1. The molecule has 0 aliphatic carbocycles. The minimum absolute atomic E-state index is 0.0667. The van der Waals surface area contributed by atoms with Gasteiger partial charge in [0.15, 0.2) is 5.16 Å². The maximum atomic E-state index is 12.7. The average Bonchev–Trinajstić information content (AvgIpc) is 2.91. The molecule has 2 heterocycles. The predicted octanol–water partition coefficient (Wildman–Crippen LogP) is 3.12. The van der Waals surface area contributed by atoms with Crippen molar-refractivity contribution in [1.29, 1.82) is 0 Å². The van der Waals surface area contributed by atoms with E-state index in [9.17, 15) is 9.59 Å². The third-order valence-corrected chi connectivity index (χ3v) is 5.60. The van der Waals surface area contributed by atoms with E-state index < -0.39 is 0 Å². The number of hydrogen-bond donors (Lipinski definition) is 0. The Hall–Kier alpha value is -1.34. The zero-order chi connectivity index (χ0) is 17.3. The Morgan fingerprint density at radius 2 is 1.87 bits per heavy atom. The van der Waals surface area contributed by atoms with Gasteiger partial charge in [0.2, 0.25) is 5.91 Å². The van der Waals surface area contributed by atoms with Gasteiger partial charge in [-0.2, -0.15) is 0 Å². The molecule has 0 aliphatic heterocycles. The van der Waals surface area contributed by atoms with Crippen molar-refractivity contribution < 1.29 is 4.79 Å². The van der Waals surface area contributed by atoms with Crippen LogP contribution < -0.4 is 5.56 Å². The van der Waals surface area contributed by atoms with Gasteiger partial charge >= 0.3 is 0 Å². The summed E-state index contributed by atoms with van der Waals surface area (Å²) >= 11 is 2.78. The standard InChI is InChI=1S/C16H23N3O2S2/c1-9(2)19(10(3)4)14(20)11(5)23-16-17-13-12(7-8-22-13)15(21)18(16)6/h7-11H,1-6H3. The van der Waals surface area contributed by atoms with Crippen LogP contribution in [0.15, 0.2) is 21.4 Å². The summed E-state index contributed by atoms with van der Waals surface area (Å²) in [5.74, 6) is 0.0699. The van der Waals surface area contributed by atoms with Crippen molar-refractivity contribution in [2.45, 2.75) is 57.1 Å². The van der Waals surface area contributed by atoms with Gasteiger partial charge in [0, 0.05) is 19.1 Å². The van der Waals surface area contributed by atoms with E-state index in [-0.39, 0.29) is 28.8 Å². The SMILES string of the molecule is CC(Sc1nc2sccc2c(=O)n1C)C(=O)N(C(C)C)C(C)C. The molecule has 1 amide bonds. The third kappa shape index (κ3) is 3.61. The van der Waals surface area contributed by atoms with E-state index in [4.69, 9.17) is 0 Å². The van der Waals surface area contributed by atoms with Crippen molar-refractivity contribution >= 4 is 39.2 Å². The number of thioether (sulfide) groups is 1. The lowest BCUT2D eigenvalue weighted by Gasteiger charge is -2.32. The molecule has 0 saturated heterocycles. The number of amides is 1. The fourth-order valence-corrected chi connectivity index (χ4v) is 4.35. The molecular weight excluding hydrogens is 330 g/mol. The van der Waals surface area contributed by atoms with E-state index in [1.807, 2.05) is 44.9 Å². The minimum Gasteiger partial charge on any atom is -0.337 e. The summed E-state index contributed by atoms with van der Waals surface area (Å²) in [6.07, 6.45) is 0. The molecule has 0 aromatic carbocycles. The first-order chi connectivity index (χ1) is 10.7. The molecule has 0 N–H and O–H groups in total. The Bertz CT molecular complexity index is 756. The lowest BCUT2D eigenvalue weighted by molar-refractivity contribution is -0.133. The first-order valence-electron chi connectivity index (χ1n) is 7.67. The summed E-state index contributed by atoms with van der Waals surface area (Å²) in [6, 6.07) is 2.07. The van der Waals surface area contributed by atoms with Crippen LogP contribution in [0.25, 0.3) is 10.2 Å². The van der Waals surface area contributed by atoms with Crippen LogP contribution >= 0.6 is 23.1 Å². The van der Waals surface area contributed by atoms with Gasteiger partial charge in [0.05, 0.1) is 10.6 Å². The summed E-state index contributed by atoms with van der Waals surface area (Å²) < 4.78 is 1.53. The summed E-state index contributed by atoms with van der Waals surface area (Å²) in [5.41, 5.74) is -0.0667. The van der Waals surface area contributed by atoms with Crippen LogP contribution in [-0.2, 0) is 11.8 Å². The van der Waals surface area contributed by atoms with Gasteiger partial charge in [-0.15, -0.1) is 11.3 Å². The van der Waals surface area contributed by atoms with Gasteiger partial charge < -0.3 is 4.90 Å². The Kier molecular flexibility index (Phi) is 5.52. The number of carbonyl (C=O) groups is 1. The largest absolute Gasteiger partial charge is 0.337 e. The quantitative estimate of drug-likeness (QED) is 0.612. The van der Waals surface area contributed by atoms with Crippen molar-refractivity contribution in [3.63, 3.8) is 0 Å². The molecule has 0 fully saturated rings. The molecule has 0 spiro atoms. The molecule has 1 atom stereocenters. The van der Waals surface area contributed by atoms with Crippen LogP contribution in [0.4, 0.5) is 0 Å². The van der Waals surface area contributed by atoms with Crippen molar-refractivity contribution in [1.82, 2.24) is 14.5 Å². The molecule has 23 heavy (non-hydrogen) atoms. The van der Waals surface area contributed by atoms with Gasteiger partial charge in [0.25, 0.3) is 5.56 Å². The topological polar surface area (TPSA) is 55.2 Å². The van der Waals surface area contributed by atoms with Crippen molar-refractivity contribution in [3.05, 3.63) is 21.8 Å². The number of aromatic nitrogens is 2. The molecule has 7 heteroatoms. The van der Waals surface area contributed by atoms with Crippen LogP contribution in [0.3, 0.4) is 0 Å². The highest BCUT2D eigenvalue weighted by atomic mass is 32.2. The number of carbonyl (C=O) groups excluding carboxylic acids is 1. The normalized spacial score (nSPS) is 13.0. The van der Waals surface area contributed by atoms with Gasteiger partial charge in [-0.05, 0) is 46.1 Å². The predicted molar refractivity (Wildman–Crippen MR) is 97.3 cm³/mol. The first-order valence-corrected chi connectivity index (χ1v) is 9.43. The van der Waals surface area contributed by atoms with Crippen molar-refractivity contribution in [3.8, 4) is 0 Å². The Morgan fingerprint density at radius 3 is 2.43 bits per heavy atom. The molecular formula is C16H23N3O2S2. The van der Waals surface area contributed by atoms with Gasteiger partial charge in [-0.1, -0.05) is 11.8 Å². The van der Waals surface area contributed by atoms with Crippen LogP contribution in [-0.4, -0.2) is 37.7 Å². The molecule has 2 aromatic heterocycles. The van der Waals surface area contributed by atoms with Crippen LogP contribution in [0.2, 0.25) is 0 Å². The minimum atomic E-state index is -0.296. The molecule has 0 aliphatic rings. The smallest absolute Gasteiger partial charge is 0.262 e. The van der Waals surface area contributed by atoms with E-state index in [0.717, 1.165) is 4.83 Å². The lowest BCUT2D eigenvalue weighted by atomic mass is 10.2. The highest BCUT2D eigenvalue weighted by Crippen LogP contribution is 2.25. The second kappa shape index (κ2) is 7.05. The van der Waals surface area contributed by atoms with Gasteiger partial charge in [-0.3, -0.25) is 14.2 Å². The average molecular weight is 354 g/mol. The summed E-state index contributed by atoms with van der Waals surface area (Å²) in [6.45, 7) is 9.93. The van der Waals surface area contributed by atoms with Crippen LogP contribution in [0, 0.1) is 0 Å². The second-order valence-corrected chi connectivity index (χ2v) is 8.29. The molecule has 5 nitrogen and oxygen atoms in total. The number of thiophene rings is 1. The van der Waals surface area contributed by atoms with Crippen LogP contribution in [0.5, 0.6) is 0 Å².